The van der Waals surface area contributed by atoms with Gasteiger partial charge in [-0.2, -0.15) is 5.10 Å². The fourth-order valence-corrected chi connectivity index (χ4v) is 1.93. The second kappa shape index (κ2) is 5.97. The van der Waals surface area contributed by atoms with E-state index in [1.807, 2.05) is 24.1 Å². The van der Waals surface area contributed by atoms with Crippen LogP contribution in [0.2, 0.25) is 0 Å². The molecule has 0 aliphatic heterocycles. The normalized spacial score (nSPS) is 11.4. The van der Waals surface area contributed by atoms with E-state index in [1.165, 1.54) is 11.3 Å². The molecule has 0 spiro atoms. The largest absolute Gasteiger partial charge is 0.312 e. The van der Waals surface area contributed by atoms with E-state index < -0.39 is 0 Å². The Kier molecular flexibility index (Phi) is 4.31. The van der Waals surface area contributed by atoms with Crippen molar-refractivity contribution in [2.24, 2.45) is 13.0 Å². The lowest BCUT2D eigenvalue weighted by Gasteiger charge is -2.07. The quantitative estimate of drug-likeness (QED) is 0.847. The highest BCUT2D eigenvalue weighted by molar-refractivity contribution is 5.16. The van der Waals surface area contributed by atoms with Gasteiger partial charge in [-0.25, -0.2) is 0 Å². The van der Waals surface area contributed by atoms with E-state index in [1.54, 1.807) is 4.68 Å². The SMILES string of the molecule is Cc1c(CNCC(C)C)cnn1Cc1cn(C)nn1. The van der Waals surface area contributed by atoms with E-state index in [-0.39, 0.29) is 0 Å². The summed E-state index contributed by atoms with van der Waals surface area (Å²) in [6.45, 7) is 9.06. The lowest BCUT2D eigenvalue weighted by atomic mass is 10.2. The van der Waals surface area contributed by atoms with E-state index in [0.717, 1.165) is 18.8 Å². The van der Waals surface area contributed by atoms with Crippen LogP contribution in [-0.2, 0) is 20.1 Å². The summed E-state index contributed by atoms with van der Waals surface area (Å²) in [6.07, 6.45) is 3.84. The first-order valence-electron chi connectivity index (χ1n) is 6.63. The Morgan fingerprint density at radius 2 is 2.16 bits per heavy atom. The van der Waals surface area contributed by atoms with Gasteiger partial charge in [0.05, 0.1) is 12.7 Å². The molecule has 0 aliphatic rings. The Morgan fingerprint density at radius 1 is 1.37 bits per heavy atom. The maximum absolute atomic E-state index is 4.42. The molecule has 0 unspecified atom stereocenters. The molecule has 0 aliphatic carbocycles. The van der Waals surface area contributed by atoms with Crippen molar-refractivity contribution < 1.29 is 0 Å². The molecular weight excluding hydrogens is 240 g/mol. The van der Waals surface area contributed by atoms with Gasteiger partial charge in [-0.1, -0.05) is 19.1 Å². The lowest BCUT2D eigenvalue weighted by Crippen LogP contribution is -2.19. The predicted molar refractivity (Wildman–Crippen MR) is 73.6 cm³/mol. The molecule has 0 aromatic carbocycles. The van der Waals surface area contributed by atoms with Crippen LogP contribution >= 0.6 is 0 Å². The van der Waals surface area contributed by atoms with E-state index in [9.17, 15) is 0 Å². The number of nitrogens with zero attached hydrogens (tertiary/aromatic N) is 5. The number of hydrogen-bond donors (Lipinski definition) is 1. The second-order valence-electron chi connectivity index (χ2n) is 5.32. The highest BCUT2D eigenvalue weighted by Crippen LogP contribution is 2.09. The molecular formula is C13H22N6. The third-order valence-corrected chi connectivity index (χ3v) is 3.03. The predicted octanol–water partition coefficient (Wildman–Crippen LogP) is 1.11. The molecule has 2 aromatic heterocycles. The Labute approximate surface area is 113 Å². The van der Waals surface area contributed by atoms with Crippen LogP contribution < -0.4 is 5.32 Å². The summed E-state index contributed by atoms with van der Waals surface area (Å²) in [4.78, 5) is 0. The van der Waals surface area contributed by atoms with Gasteiger partial charge in [0.1, 0.15) is 5.69 Å². The molecule has 0 radical (unpaired) electrons. The Morgan fingerprint density at radius 3 is 2.79 bits per heavy atom. The molecule has 0 fully saturated rings. The molecule has 0 bridgehead atoms. The summed E-state index contributed by atoms with van der Waals surface area (Å²) in [6, 6.07) is 0. The lowest BCUT2D eigenvalue weighted by molar-refractivity contribution is 0.550. The van der Waals surface area contributed by atoms with Gasteiger partial charge in [0.25, 0.3) is 0 Å². The Hall–Kier alpha value is -1.69. The van der Waals surface area contributed by atoms with Crippen LogP contribution in [0.15, 0.2) is 12.4 Å². The molecule has 104 valence electrons. The van der Waals surface area contributed by atoms with Crippen molar-refractivity contribution in [3.8, 4) is 0 Å². The van der Waals surface area contributed by atoms with Gasteiger partial charge in [-0.3, -0.25) is 9.36 Å². The first kappa shape index (κ1) is 13.7. The van der Waals surface area contributed by atoms with Crippen LogP contribution in [0, 0.1) is 12.8 Å². The number of nitrogens with one attached hydrogen (secondary N) is 1. The van der Waals surface area contributed by atoms with Crippen molar-refractivity contribution >= 4 is 0 Å². The fourth-order valence-electron chi connectivity index (χ4n) is 1.93. The Bertz CT molecular complexity index is 525. The summed E-state index contributed by atoms with van der Waals surface area (Å²) in [5, 5.41) is 15.9. The number of hydrogen-bond acceptors (Lipinski definition) is 4. The number of aryl methyl sites for hydroxylation is 1. The van der Waals surface area contributed by atoms with Gasteiger partial charge in [0.2, 0.25) is 0 Å². The zero-order valence-corrected chi connectivity index (χ0v) is 12.1. The maximum atomic E-state index is 4.42. The van der Waals surface area contributed by atoms with Crippen LogP contribution in [-0.4, -0.2) is 31.3 Å². The summed E-state index contributed by atoms with van der Waals surface area (Å²) in [5.74, 6) is 0.662. The topological polar surface area (TPSA) is 60.6 Å². The minimum atomic E-state index is 0.662. The molecule has 2 rings (SSSR count). The standard InChI is InChI=1S/C13H22N6/c1-10(2)5-14-6-12-7-15-19(11(12)3)9-13-8-18(4)17-16-13/h7-8,10,14H,5-6,9H2,1-4H3. The molecule has 6 heteroatoms. The first-order chi connectivity index (χ1) is 9.06. The summed E-state index contributed by atoms with van der Waals surface area (Å²) in [7, 11) is 1.87. The highest BCUT2D eigenvalue weighted by atomic mass is 15.4. The smallest absolute Gasteiger partial charge is 0.104 e. The van der Waals surface area contributed by atoms with Gasteiger partial charge in [0, 0.05) is 31.0 Å². The zero-order valence-electron chi connectivity index (χ0n) is 12.1. The van der Waals surface area contributed by atoms with Gasteiger partial charge >= 0.3 is 0 Å². The second-order valence-corrected chi connectivity index (χ2v) is 5.32. The molecule has 2 aromatic rings. The fraction of sp³-hybridized carbons (Fsp3) is 0.615. The van der Waals surface area contributed by atoms with Crippen LogP contribution in [0.4, 0.5) is 0 Å². The average Bonchev–Trinajstić information content (AvgIpc) is 2.89. The van der Waals surface area contributed by atoms with Gasteiger partial charge in [-0.05, 0) is 19.4 Å². The van der Waals surface area contributed by atoms with Crippen LogP contribution in [0.25, 0.3) is 0 Å². The van der Waals surface area contributed by atoms with Crippen LogP contribution in [0.3, 0.4) is 0 Å². The Balaban J connectivity index is 1.97. The third kappa shape index (κ3) is 3.64. The minimum absolute atomic E-state index is 0.662. The molecule has 6 nitrogen and oxygen atoms in total. The summed E-state index contributed by atoms with van der Waals surface area (Å²) in [5.41, 5.74) is 3.35. The monoisotopic (exact) mass is 262 g/mol. The van der Waals surface area contributed by atoms with Crippen molar-refractivity contribution in [2.75, 3.05) is 6.54 Å². The molecule has 0 saturated heterocycles. The summed E-state index contributed by atoms with van der Waals surface area (Å²) >= 11 is 0. The van der Waals surface area contributed by atoms with Crippen molar-refractivity contribution in [1.82, 2.24) is 30.1 Å². The molecule has 2 heterocycles. The molecule has 0 amide bonds. The summed E-state index contributed by atoms with van der Waals surface area (Å²) < 4.78 is 3.68. The van der Waals surface area contributed by atoms with Gasteiger partial charge in [0.15, 0.2) is 0 Å². The van der Waals surface area contributed by atoms with Gasteiger partial charge < -0.3 is 5.32 Å². The number of aromatic nitrogens is 5. The average molecular weight is 262 g/mol. The first-order valence-corrected chi connectivity index (χ1v) is 6.63. The molecule has 0 saturated carbocycles. The van der Waals surface area contributed by atoms with Crippen molar-refractivity contribution in [1.29, 1.82) is 0 Å². The van der Waals surface area contributed by atoms with Crippen molar-refractivity contribution in [2.45, 2.75) is 33.9 Å². The van der Waals surface area contributed by atoms with Crippen molar-refractivity contribution in [3.63, 3.8) is 0 Å². The van der Waals surface area contributed by atoms with Crippen molar-refractivity contribution in [3.05, 3.63) is 29.3 Å². The zero-order chi connectivity index (χ0) is 13.8. The van der Waals surface area contributed by atoms with E-state index in [2.05, 4.69) is 41.5 Å². The molecule has 19 heavy (non-hydrogen) atoms. The van der Waals surface area contributed by atoms with E-state index in [4.69, 9.17) is 0 Å². The van der Waals surface area contributed by atoms with E-state index in [0.29, 0.717) is 12.5 Å². The maximum Gasteiger partial charge on any atom is 0.104 e. The van der Waals surface area contributed by atoms with E-state index >= 15 is 0 Å². The highest BCUT2D eigenvalue weighted by Gasteiger charge is 2.08. The molecule has 0 atom stereocenters. The third-order valence-electron chi connectivity index (χ3n) is 3.03. The molecule has 1 N–H and O–H groups in total. The number of rotatable bonds is 6. The van der Waals surface area contributed by atoms with Gasteiger partial charge in [-0.15, -0.1) is 5.10 Å². The van der Waals surface area contributed by atoms with Crippen LogP contribution in [0.1, 0.15) is 30.8 Å². The van der Waals surface area contributed by atoms with Crippen LogP contribution in [0.5, 0.6) is 0 Å². The minimum Gasteiger partial charge on any atom is -0.312 e.